The van der Waals surface area contributed by atoms with Crippen LogP contribution in [-0.2, 0) is 6.54 Å². The van der Waals surface area contributed by atoms with Crippen LogP contribution < -0.4 is 14.8 Å². The number of hydrogen-bond donors (Lipinski definition) is 1. The monoisotopic (exact) mass is 400 g/mol. The van der Waals surface area contributed by atoms with E-state index in [1.807, 2.05) is 6.92 Å². The van der Waals surface area contributed by atoms with Crippen LogP contribution in [0.15, 0.2) is 18.7 Å². The highest BCUT2D eigenvalue weighted by Crippen LogP contribution is 2.38. The highest BCUT2D eigenvalue weighted by atomic mass is 19.1. The van der Waals surface area contributed by atoms with E-state index in [9.17, 15) is 9.18 Å². The summed E-state index contributed by atoms with van der Waals surface area (Å²) in [4.78, 5) is 29.9. The summed E-state index contributed by atoms with van der Waals surface area (Å²) in [7, 11) is 3.03. The summed E-state index contributed by atoms with van der Waals surface area (Å²) < 4.78 is 26.1. The summed E-state index contributed by atoms with van der Waals surface area (Å²) >= 11 is 0. The predicted molar refractivity (Wildman–Crippen MR) is 102 cm³/mol. The maximum absolute atomic E-state index is 13.9. The molecule has 4 rings (SSSR count). The zero-order chi connectivity index (χ0) is 20.6. The van der Waals surface area contributed by atoms with Crippen molar-refractivity contribution in [3.8, 4) is 11.8 Å². The van der Waals surface area contributed by atoms with Crippen LogP contribution in [0.5, 0.6) is 11.8 Å². The van der Waals surface area contributed by atoms with Gasteiger partial charge in [-0.25, -0.2) is 19.3 Å². The molecule has 1 saturated carbocycles. The molecule has 3 aromatic heterocycles. The molecule has 0 bridgehead atoms. The zero-order valence-corrected chi connectivity index (χ0v) is 16.4. The number of carbonyl (C=O) groups is 1. The molecule has 0 spiro atoms. The van der Waals surface area contributed by atoms with Gasteiger partial charge in [-0.3, -0.25) is 4.79 Å². The number of halogens is 1. The van der Waals surface area contributed by atoms with Crippen molar-refractivity contribution >= 4 is 17.1 Å². The van der Waals surface area contributed by atoms with Crippen LogP contribution in [0.25, 0.3) is 11.2 Å². The first-order valence-electron chi connectivity index (χ1n) is 9.15. The lowest BCUT2D eigenvalue weighted by molar-refractivity contribution is 0.0939. The normalized spacial score (nSPS) is 14.6. The largest absolute Gasteiger partial charge is 0.481 e. The Morgan fingerprint density at radius 2 is 2.07 bits per heavy atom. The summed E-state index contributed by atoms with van der Waals surface area (Å²) in [6, 6.07) is 0. The molecule has 9 nitrogen and oxygen atoms in total. The molecular weight excluding hydrogens is 379 g/mol. The lowest BCUT2D eigenvalue weighted by atomic mass is 10.2. The van der Waals surface area contributed by atoms with E-state index in [1.54, 1.807) is 17.9 Å². The molecule has 0 atom stereocenters. The van der Waals surface area contributed by atoms with Crippen molar-refractivity contribution in [2.24, 2.45) is 0 Å². The number of ether oxygens (including phenoxy) is 2. The summed E-state index contributed by atoms with van der Waals surface area (Å²) in [6.45, 7) is 2.17. The fraction of sp³-hybridized carbons (Fsp3) is 0.421. The molecule has 0 aliphatic heterocycles. The Bertz CT molecular complexity index is 1080. The molecule has 0 radical (unpaired) electrons. The number of fused-ring (bicyclic) bond motifs is 1. The molecule has 1 aliphatic rings. The SMILES string of the molecule is COc1cnc2c(C(=O)NCC3(F)CC3)cn(Cc3ncnc(OC)c3C)c2n1. The third kappa shape index (κ3) is 3.69. The van der Waals surface area contributed by atoms with E-state index in [1.165, 1.54) is 19.6 Å². The Hall–Kier alpha value is -3.30. The third-order valence-electron chi connectivity index (χ3n) is 5.01. The molecule has 0 saturated heterocycles. The van der Waals surface area contributed by atoms with Crippen molar-refractivity contribution in [3.63, 3.8) is 0 Å². The predicted octanol–water partition coefficient (Wildman–Crippen LogP) is 1.83. The van der Waals surface area contributed by atoms with Gasteiger partial charge in [0.25, 0.3) is 5.91 Å². The first kappa shape index (κ1) is 19.0. The van der Waals surface area contributed by atoms with Gasteiger partial charge in [-0.1, -0.05) is 0 Å². The van der Waals surface area contributed by atoms with E-state index >= 15 is 0 Å². The van der Waals surface area contributed by atoms with Crippen molar-refractivity contribution in [1.82, 2.24) is 29.8 Å². The summed E-state index contributed by atoms with van der Waals surface area (Å²) in [5, 5.41) is 2.66. The molecule has 10 heteroatoms. The van der Waals surface area contributed by atoms with Gasteiger partial charge in [0, 0.05) is 11.8 Å². The van der Waals surface area contributed by atoms with E-state index in [0.29, 0.717) is 53.6 Å². The van der Waals surface area contributed by atoms with Gasteiger partial charge in [0.1, 0.15) is 17.5 Å². The van der Waals surface area contributed by atoms with Gasteiger partial charge in [0.2, 0.25) is 11.8 Å². The van der Waals surface area contributed by atoms with Crippen LogP contribution in [0.1, 0.15) is 34.5 Å². The summed E-state index contributed by atoms with van der Waals surface area (Å²) in [6.07, 6.45) is 5.45. The van der Waals surface area contributed by atoms with E-state index in [0.717, 1.165) is 5.56 Å². The van der Waals surface area contributed by atoms with Crippen LogP contribution in [0.2, 0.25) is 0 Å². The van der Waals surface area contributed by atoms with E-state index in [2.05, 4.69) is 25.3 Å². The molecule has 3 aromatic rings. The second kappa shape index (κ2) is 7.26. The molecule has 1 N–H and O–H groups in total. The fourth-order valence-electron chi connectivity index (χ4n) is 3.06. The van der Waals surface area contributed by atoms with Crippen molar-refractivity contribution in [2.45, 2.75) is 32.0 Å². The van der Waals surface area contributed by atoms with Crippen LogP contribution in [-0.4, -0.2) is 56.8 Å². The maximum Gasteiger partial charge on any atom is 0.255 e. The van der Waals surface area contributed by atoms with Crippen LogP contribution >= 0.6 is 0 Å². The minimum absolute atomic E-state index is 0.00962. The number of amides is 1. The molecule has 29 heavy (non-hydrogen) atoms. The topological polar surface area (TPSA) is 104 Å². The average molecular weight is 400 g/mol. The molecule has 152 valence electrons. The zero-order valence-electron chi connectivity index (χ0n) is 16.4. The second-order valence-corrected chi connectivity index (χ2v) is 7.04. The number of methoxy groups -OCH3 is 2. The second-order valence-electron chi connectivity index (χ2n) is 7.04. The minimum atomic E-state index is -1.28. The molecule has 1 fully saturated rings. The summed E-state index contributed by atoms with van der Waals surface area (Å²) in [5.41, 5.74) is 1.41. The molecule has 1 aliphatic carbocycles. The number of carbonyl (C=O) groups excluding carboxylic acids is 1. The van der Waals surface area contributed by atoms with E-state index in [4.69, 9.17) is 9.47 Å². The number of aromatic nitrogens is 5. The smallest absolute Gasteiger partial charge is 0.255 e. The number of hydrogen-bond acceptors (Lipinski definition) is 7. The van der Waals surface area contributed by atoms with E-state index in [-0.39, 0.29) is 6.54 Å². The minimum Gasteiger partial charge on any atom is -0.481 e. The van der Waals surface area contributed by atoms with Gasteiger partial charge in [0.15, 0.2) is 5.65 Å². The Morgan fingerprint density at radius 1 is 1.28 bits per heavy atom. The lowest BCUT2D eigenvalue weighted by Crippen LogP contribution is -2.31. The average Bonchev–Trinajstić information content (AvgIpc) is 3.37. The third-order valence-corrected chi connectivity index (χ3v) is 5.01. The van der Waals surface area contributed by atoms with Crippen molar-refractivity contribution < 1.29 is 18.7 Å². The van der Waals surface area contributed by atoms with Gasteiger partial charge in [-0.05, 0) is 19.8 Å². The molecule has 0 unspecified atom stereocenters. The Morgan fingerprint density at radius 3 is 2.76 bits per heavy atom. The van der Waals surface area contributed by atoms with Crippen LogP contribution in [0.4, 0.5) is 4.39 Å². The Kier molecular flexibility index (Phi) is 4.77. The fourth-order valence-corrected chi connectivity index (χ4v) is 3.06. The molecule has 3 heterocycles. The number of nitrogens with zero attached hydrogens (tertiary/aromatic N) is 5. The van der Waals surface area contributed by atoms with Crippen molar-refractivity contribution in [2.75, 3.05) is 20.8 Å². The highest BCUT2D eigenvalue weighted by Gasteiger charge is 2.43. The Balaban J connectivity index is 1.72. The lowest BCUT2D eigenvalue weighted by Gasteiger charge is -2.09. The standard InChI is InChI=1S/C19H21FN6O3/c1-11-13(23-10-24-18(11)29-3)8-26-7-12(17(27)22-9-19(20)4-5-19)15-16(26)25-14(28-2)6-21-15/h6-7,10H,4-5,8-9H2,1-3H3,(H,22,27). The highest BCUT2D eigenvalue weighted by molar-refractivity contribution is 6.04. The first-order valence-corrected chi connectivity index (χ1v) is 9.15. The molecular formula is C19H21FN6O3. The van der Waals surface area contributed by atoms with Crippen LogP contribution in [0, 0.1) is 6.92 Å². The Labute approximate surface area is 166 Å². The van der Waals surface area contributed by atoms with Crippen LogP contribution in [0.3, 0.4) is 0 Å². The van der Waals surface area contributed by atoms with Crippen molar-refractivity contribution in [1.29, 1.82) is 0 Å². The van der Waals surface area contributed by atoms with E-state index < -0.39 is 11.6 Å². The molecule has 0 aromatic carbocycles. The van der Waals surface area contributed by atoms with Gasteiger partial charge < -0.3 is 19.4 Å². The van der Waals surface area contributed by atoms with Gasteiger partial charge in [-0.15, -0.1) is 0 Å². The summed E-state index contributed by atoms with van der Waals surface area (Å²) in [5.74, 6) is 0.404. The number of alkyl halides is 1. The first-order chi connectivity index (χ1) is 13.9. The van der Waals surface area contributed by atoms with Gasteiger partial charge in [0.05, 0.1) is 44.8 Å². The van der Waals surface area contributed by atoms with Gasteiger partial charge >= 0.3 is 0 Å². The maximum atomic E-state index is 13.9. The van der Waals surface area contributed by atoms with Crippen molar-refractivity contribution in [3.05, 3.63) is 35.5 Å². The van der Waals surface area contributed by atoms with Gasteiger partial charge in [-0.2, -0.15) is 4.98 Å². The number of rotatable bonds is 7. The number of nitrogens with one attached hydrogen (secondary N) is 1. The molecule has 1 amide bonds. The quantitative estimate of drug-likeness (QED) is 0.645.